The molecule has 1 amide bonds. The minimum Gasteiger partial charge on any atom is -0.456 e. The molecule has 8 heteroatoms. The summed E-state index contributed by atoms with van der Waals surface area (Å²) in [6.45, 7) is -0.00668. The Morgan fingerprint density at radius 2 is 1.91 bits per heavy atom. The topological polar surface area (TPSA) is 55.4 Å². The summed E-state index contributed by atoms with van der Waals surface area (Å²) in [5, 5.41) is 2.45. The Hall–Kier alpha value is -2.38. The third-order valence-electron chi connectivity index (χ3n) is 2.50. The summed E-state index contributed by atoms with van der Waals surface area (Å²) in [6.07, 6.45) is -2.60. The van der Waals surface area contributed by atoms with Crippen LogP contribution >= 0.6 is 0 Å². The summed E-state index contributed by atoms with van der Waals surface area (Å²) in [5.41, 5.74) is 1.29. The average molecular weight is 319 g/mol. The first-order valence-corrected chi connectivity index (χ1v) is 6.10. The first kappa shape index (κ1) is 17.7. The number of rotatable bonds is 6. The molecule has 0 fully saturated rings. The zero-order chi connectivity index (χ0) is 16.8. The Balaban J connectivity index is 2.49. The van der Waals surface area contributed by atoms with Crippen molar-refractivity contribution < 1.29 is 31.9 Å². The number of hydrogen-bond acceptors (Lipinski definition) is 3. The largest absolute Gasteiger partial charge is 0.456 e. The highest BCUT2D eigenvalue weighted by Gasteiger charge is 2.42. The second-order valence-corrected chi connectivity index (χ2v) is 4.31. The van der Waals surface area contributed by atoms with Crippen LogP contribution in [0.3, 0.4) is 0 Å². The number of hydrogen-bond donors (Lipinski definition) is 1. The summed E-state index contributed by atoms with van der Waals surface area (Å²) in [5.74, 6) is -6.43. The van der Waals surface area contributed by atoms with Crippen LogP contribution in [0.15, 0.2) is 36.4 Å². The smallest absolute Gasteiger partial charge is 0.340 e. The highest BCUT2D eigenvalue weighted by molar-refractivity contribution is 6.02. The molecule has 0 unspecified atom stereocenters. The molecule has 0 spiro atoms. The molecule has 1 rings (SSSR count). The molecule has 0 bridgehead atoms. The normalized spacial score (nSPS) is 11.7. The predicted molar refractivity (Wildman–Crippen MR) is 70.9 cm³/mol. The van der Waals surface area contributed by atoms with Gasteiger partial charge in [0.2, 0.25) is 5.91 Å². The Labute approximate surface area is 123 Å². The maximum Gasteiger partial charge on any atom is 0.340 e. The number of carbonyl (C=O) groups is 2. The van der Waals surface area contributed by atoms with Crippen molar-refractivity contribution in [3.8, 4) is 0 Å². The van der Waals surface area contributed by atoms with E-state index in [2.05, 4.69) is 10.1 Å². The van der Waals surface area contributed by atoms with Crippen molar-refractivity contribution in [3.63, 3.8) is 0 Å². The molecule has 0 radical (unpaired) electrons. The molecule has 1 aromatic rings. The number of halogens is 4. The third-order valence-corrected chi connectivity index (χ3v) is 2.50. The number of nitrogens with one attached hydrogen (secondary N) is 1. The fraction of sp³-hybridized carbons (Fsp3) is 0.286. The van der Waals surface area contributed by atoms with E-state index in [1.54, 1.807) is 31.2 Å². The second-order valence-electron chi connectivity index (χ2n) is 4.31. The van der Waals surface area contributed by atoms with Gasteiger partial charge in [0.15, 0.2) is 6.61 Å². The quantitative estimate of drug-likeness (QED) is 0.498. The van der Waals surface area contributed by atoms with E-state index in [9.17, 15) is 27.2 Å². The maximum atomic E-state index is 12.5. The number of para-hydroxylation sites is 1. The number of carbonyl (C=O) groups excluding carboxylic acids is 2. The van der Waals surface area contributed by atoms with Gasteiger partial charge >= 0.3 is 18.3 Å². The lowest BCUT2D eigenvalue weighted by molar-refractivity contribution is -0.176. The number of aryl methyl sites for hydroxylation is 1. The van der Waals surface area contributed by atoms with Gasteiger partial charge in [-0.2, -0.15) is 8.78 Å². The van der Waals surface area contributed by atoms with Gasteiger partial charge in [-0.25, -0.2) is 13.6 Å². The van der Waals surface area contributed by atoms with Gasteiger partial charge in [-0.05, 0) is 18.6 Å². The van der Waals surface area contributed by atoms with Gasteiger partial charge in [-0.15, -0.1) is 0 Å². The minimum atomic E-state index is -4.42. The lowest BCUT2D eigenvalue weighted by Crippen LogP contribution is -2.33. The lowest BCUT2D eigenvalue weighted by atomic mass is 10.2. The fourth-order valence-corrected chi connectivity index (χ4v) is 1.31. The van der Waals surface area contributed by atoms with Crippen LogP contribution in [0, 0.1) is 6.92 Å². The highest BCUT2D eigenvalue weighted by atomic mass is 19.3. The van der Waals surface area contributed by atoms with E-state index in [1.807, 2.05) is 0 Å². The summed E-state index contributed by atoms with van der Waals surface area (Å²) < 4.78 is 52.6. The molecule has 120 valence electrons. The van der Waals surface area contributed by atoms with Gasteiger partial charge in [-0.3, -0.25) is 4.79 Å². The van der Waals surface area contributed by atoms with Crippen molar-refractivity contribution in [3.05, 3.63) is 42.0 Å². The number of ether oxygens (including phenoxy) is 1. The second kappa shape index (κ2) is 7.58. The van der Waals surface area contributed by atoms with E-state index in [4.69, 9.17) is 0 Å². The standard InChI is InChI=1S/C14H13F4NO3/c1-9-4-2-3-5-10(9)19-11(20)6-7-12(21)22-8-14(17,18)13(15)16/h2-7,13H,8H2,1H3,(H,19,20)/b7-6+. The molecule has 0 aliphatic heterocycles. The summed E-state index contributed by atoms with van der Waals surface area (Å²) in [6, 6.07) is 6.83. The molecule has 0 saturated heterocycles. The van der Waals surface area contributed by atoms with Crippen LogP contribution in [0.1, 0.15) is 5.56 Å². The van der Waals surface area contributed by atoms with Crippen LogP contribution < -0.4 is 5.32 Å². The molecule has 0 aromatic heterocycles. The van der Waals surface area contributed by atoms with E-state index in [-0.39, 0.29) is 0 Å². The molecule has 0 heterocycles. The van der Waals surface area contributed by atoms with E-state index in [0.29, 0.717) is 11.8 Å². The van der Waals surface area contributed by atoms with E-state index >= 15 is 0 Å². The number of alkyl halides is 4. The molecule has 1 aromatic carbocycles. The van der Waals surface area contributed by atoms with Crippen LogP contribution in [0.4, 0.5) is 23.2 Å². The highest BCUT2D eigenvalue weighted by Crippen LogP contribution is 2.22. The number of benzene rings is 1. The molecule has 22 heavy (non-hydrogen) atoms. The van der Waals surface area contributed by atoms with Crippen molar-refractivity contribution in [1.82, 2.24) is 0 Å². The van der Waals surface area contributed by atoms with Gasteiger partial charge in [0.1, 0.15) is 0 Å². The molecule has 1 N–H and O–H groups in total. The first-order chi connectivity index (χ1) is 10.2. The van der Waals surface area contributed by atoms with E-state index in [1.165, 1.54) is 0 Å². The summed E-state index contributed by atoms with van der Waals surface area (Å²) in [7, 11) is 0. The van der Waals surface area contributed by atoms with Crippen LogP contribution in [-0.2, 0) is 14.3 Å². The molecular formula is C14H13F4NO3. The van der Waals surface area contributed by atoms with Crippen molar-refractivity contribution in [2.75, 3.05) is 11.9 Å². The molecule has 0 aliphatic carbocycles. The van der Waals surface area contributed by atoms with Crippen LogP contribution in [0.5, 0.6) is 0 Å². The Morgan fingerprint density at radius 3 is 2.50 bits per heavy atom. The molecule has 0 aliphatic rings. The summed E-state index contributed by atoms with van der Waals surface area (Å²) >= 11 is 0. The SMILES string of the molecule is Cc1ccccc1NC(=O)/C=C/C(=O)OCC(F)(F)C(F)F. The van der Waals surface area contributed by atoms with Crippen LogP contribution in [0.25, 0.3) is 0 Å². The maximum absolute atomic E-state index is 12.5. The van der Waals surface area contributed by atoms with E-state index < -0.39 is 30.8 Å². The van der Waals surface area contributed by atoms with Gasteiger partial charge in [0.25, 0.3) is 0 Å². The van der Waals surface area contributed by atoms with Crippen molar-refractivity contribution in [2.24, 2.45) is 0 Å². The average Bonchev–Trinajstić information content (AvgIpc) is 2.45. The molecule has 4 nitrogen and oxygen atoms in total. The van der Waals surface area contributed by atoms with Gasteiger partial charge in [0.05, 0.1) is 0 Å². The number of anilines is 1. The van der Waals surface area contributed by atoms with Gasteiger partial charge in [0, 0.05) is 17.8 Å². The first-order valence-electron chi connectivity index (χ1n) is 6.10. The molecule has 0 saturated carbocycles. The zero-order valence-corrected chi connectivity index (χ0v) is 11.5. The van der Waals surface area contributed by atoms with Gasteiger partial charge < -0.3 is 10.1 Å². The lowest BCUT2D eigenvalue weighted by Gasteiger charge is -2.14. The zero-order valence-electron chi connectivity index (χ0n) is 11.5. The monoisotopic (exact) mass is 319 g/mol. The predicted octanol–water partition coefficient (Wildman–Crippen LogP) is 2.93. The van der Waals surface area contributed by atoms with Crippen molar-refractivity contribution >= 4 is 17.6 Å². The summed E-state index contributed by atoms with van der Waals surface area (Å²) in [4.78, 5) is 22.6. The Bertz CT molecular complexity index is 573. The van der Waals surface area contributed by atoms with Gasteiger partial charge in [-0.1, -0.05) is 18.2 Å². The van der Waals surface area contributed by atoms with Crippen LogP contribution in [0.2, 0.25) is 0 Å². The number of amides is 1. The Kier molecular flexibility index (Phi) is 6.09. The van der Waals surface area contributed by atoms with E-state index in [0.717, 1.165) is 11.6 Å². The van der Waals surface area contributed by atoms with Crippen LogP contribution in [-0.4, -0.2) is 30.8 Å². The fourth-order valence-electron chi connectivity index (χ4n) is 1.31. The minimum absolute atomic E-state index is 0.509. The number of esters is 1. The molecule has 0 atom stereocenters. The van der Waals surface area contributed by atoms with Crippen molar-refractivity contribution in [2.45, 2.75) is 19.3 Å². The molecular weight excluding hydrogens is 306 g/mol. The van der Waals surface area contributed by atoms with Crippen molar-refractivity contribution in [1.29, 1.82) is 0 Å². The third kappa shape index (κ3) is 5.55. The Morgan fingerprint density at radius 1 is 1.27 bits per heavy atom.